The van der Waals surface area contributed by atoms with Gasteiger partial charge in [-0.25, -0.2) is 15.0 Å². The van der Waals surface area contributed by atoms with Gasteiger partial charge >= 0.3 is 0 Å². The molecule has 1 aromatic heterocycles. The van der Waals surface area contributed by atoms with Gasteiger partial charge in [0.05, 0.1) is 11.4 Å². The van der Waals surface area contributed by atoms with E-state index in [2.05, 4.69) is 77.7 Å². The van der Waals surface area contributed by atoms with E-state index in [-0.39, 0.29) is 0 Å². The first-order valence-electron chi connectivity index (χ1n) is 12.5. The summed E-state index contributed by atoms with van der Waals surface area (Å²) in [6.07, 6.45) is 0. The lowest BCUT2D eigenvalue weighted by Crippen LogP contribution is -2.14. The van der Waals surface area contributed by atoms with Gasteiger partial charge in [-0.3, -0.25) is 0 Å². The maximum atomic E-state index is 4.93. The van der Waals surface area contributed by atoms with Crippen molar-refractivity contribution in [2.24, 2.45) is 0 Å². The summed E-state index contributed by atoms with van der Waals surface area (Å²) in [5.74, 6) is 1.96. The zero-order chi connectivity index (χ0) is 25.3. The van der Waals surface area contributed by atoms with Crippen LogP contribution >= 0.6 is 11.8 Å². The lowest BCUT2D eigenvalue weighted by Gasteiger charge is -2.33. The first-order valence-corrected chi connectivity index (χ1v) is 13.3. The van der Waals surface area contributed by atoms with Crippen molar-refractivity contribution in [2.45, 2.75) is 9.79 Å². The molecule has 1 aliphatic heterocycles. The Labute approximate surface area is 225 Å². The van der Waals surface area contributed by atoms with Crippen LogP contribution in [0.15, 0.2) is 143 Å². The smallest absolute Gasteiger partial charge is 0.164 e. The molecule has 38 heavy (non-hydrogen) atoms. The van der Waals surface area contributed by atoms with Gasteiger partial charge in [0, 0.05) is 32.2 Å². The highest BCUT2D eigenvalue weighted by molar-refractivity contribution is 7.99. The second-order valence-corrected chi connectivity index (χ2v) is 10.0. The Balaban J connectivity index is 1.39. The molecule has 0 spiro atoms. The monoisotopic (exact) mass is 506 g/mol. The van der Waals surface area contributed by atoms with Crippen molar-refractivity contribution in [3.8, 4) is 34.2 Å². The van der Waals surface area contributed by atoms with Crippen LogP contribution in [0.4, 0.5) is 17.1 Å². The minimum Gasteiger partial charge on any atom is -0.308 e. The third-order valence-electron chi connectivity index (χ3n) is 6.49. The number of fused-ring (bicyclic) bond motifs is 2. The molecule has 0 saturated heterocycles. The van der Waals surface area contributed by atoms with Gasteiger partial charge < -0.3 is 4.90 Å². The summed E-state index contributed by atoms with van der Waals surface area (Å²) in [6, 6.07) is 45.7. The molecule has 0 fully saturated rings. The number of hydrogen-bond acceptors (Lipinski definition) is 5. The van der Waals surface area contributed by atoms with Crippen LogP contribution in [0.5, 0.6) is 0 Å². The first kappa shape index (κ1) is 22.5. The predicted octanol–water partition coefficient (Wildman–Crippen LogP) is 8.81. The van der Waals surface area contributed by atoms with Gasteiger partial charge in [0.1, 0.15) is 0 Å². The summed E-state index contributed by atoms with van der Waals surface area (Å²) in [7, 11) is 0. The lowest BCUT2D eigenvalue weighted by molar-refractivity contribution is 1.07. The zero-order valence-electron chi connectivity index (χ0n) is 20.4. The average Bonchev–Trinajstić information content (AvgIpc) is 3.00. The lowest BCUT2D eigenvalue weighted by atomic mass is 10.1. The van der Waals surface area contributed by atoms with Crippen molar-refractivity contribution >= 4 is 28.8 Å². The number of anilines is 3. The predicted molar refractivity (Wildman–Crippen MR) is 155 cm³/mol. The summed E-state index contributed by atoms with van der Waals surface area (Å²) in [5, 5.41) is 0. The van der Waals surface area contributed by atoms with E-state index in [1.807, 2.05) is 60.7 Å². The summed E-state index contributed by atoms with van der Waals surface area (Å²) >= 11 is 1.81. The molecule has 0 saturated carbocycles. The topological polar surface area (TPSA) is 41.9 Å². The molecule has 1 aliphatic rings. The fraction of sp³-hybridized carbons (Fsp3) is 0. The number of para-hydroxylation sites is 2. The Morgan fingerprint density at radius 1 is 0.421 bits per heavy atom. The molecule has 0 N–H and O–H groups in total. The van der Waals surface area contributed by atoms with Crippen molar-refractivity contribution in [3.63, 3.8) is 0 Å². The van der Waals surface area contributed by atoms with Crippen molar-refractivity contribution in [1.82, 2.24) is 15.0 Å². The molecule has 6 aromatic rings. The second kappa shape index (κ2) is 9.61. The van der Waals surface area contributed by atoms with Crippen molar-refractivity contribution in [3.05, 3.63) is 133 Å². The Bertz CT molecular complexity index is 1650. The molecule has 180 valence electrons. The maximum Gasteiger partial charge on any atom is 0.164 e. The third-order valence-corrected chi connectivity index (χ3v) is 7.62. The van der Waals surface area contributed by atoms with Crippen molar-refractivity contribution < 1.29 is 0 Å². The van der Waals surface area contributed by atoms with Gasteiger partial charge in [-0.15, -0.1) is 0 Å². The average molecular weight is 507 g/mol. The Hall–Kier alpha value is -4.74. The normalized spacial score (nSPS) is 12.1. The highest BCUT2D eigenvalue weighted by atomic mass is 32.2. The number of hydrogen-bond donors (Lipinski definition) is 0. The molecule has 0 bridgehead atoms. The van der Waals surface area contributed by atoms with E-state index >= 15 is 0 Å². The molecule has 5 heteroatoms. The molecule has 5 aromatic carbocycles. The standard InChI is InChI=1S/C33H22N4S/c1-3-12-23(13-4-1)31-34-32(24-14-5-2-6-15-24)36-33(35-31)25-16-11-17-26(22-25)37-27-18-7-9-20-29(27)38-30-21-10-8-19-28(30)37/h1-22H. The molecular formula is C33H22N4S. The van der Waals surface area contributed by atoms with E-state index in [1.165, 1.54) is 21.2 Å². The summed E-state index contributed by atoms with van der Waals surface area (Å²) in [6.45, 7) is 0. The molecule has 0 aliphatic carbocycles. The van der Waals surface area contributed by atoms with Crippen LogP contribution in [0, 0.1) is 0 Å². The third kappa shape index (κ3) is 4.13. The molecule has 0 amide bonds. The largest absolute Gasteiger partial charge is 0.308 e. The van der Waals surface area contributed by atoms with Crippen LogP contribution < -0.4 is 4.90 Å². The molecule has 0 unspecified atom stereocenters. The summed E-state index contributed by atoms with van der Waals surface area (Å²) in [5.41, 5.74) is 6.25. The Kier molecular flexibility index (Phi) is 5.68. The van der Waals surface area contributed by atoms with Crippen LogP contribution in [0.25, 0.3) is 34.2 Å². The highest BCUT2D eigenvalue weighted by Crippen LogP contribution is 2.51. The molecule has 0 radical (unpaired) electrons. The second-order valence-electron chi connectivity index (χ2n) is 8.96. The zero-order valence-corrected chi connectivity index (χ0v) is 21.2. The van der Waals surface area contributed by atoms with E-state index in [9.17, 15) is 0 Å². The van der Waals surface area contributed by atoms with E-state index in [4.69, 9.17) is 15.0 Å². The highest BCUT2D eigenvalue weighted by Gasteiger charge is 2.24. The molecular weight excluding hydrogens is 484 g/mol. The van der Waals surface area contributed by atoms with Crippen molar-refractivity contribution in [1.29, 1.82) is 0 Å². The van der Waals surface area contributed by atoms with E-state index in [0.717, 1.165) is 22.4 Å². The molecule has 7 rings (SSSR count). The number of rotatable bonds is 4. The van der Waals surface area contributed by atoms with E-state index < -0.39 is 0 Å². The number of nitrogens with zero attached hydrogens (tertiary/aromatic N) is 4. The van der Waals surface area contributed by atoms with Crippen LogP contribution in [0.2, 0.25) is 0 Å². The van der Waals surface area contributed by atoms with Gasteiger partial charge in [0.2, 0.25) is 0 Å². The molecule has 2 heterocycles. The minimum absolute atomic E-state index is 0.646. The van der Waals surface area contributed by atoms with Gasteiger partial charge in [0.15, 0.2) is 17.5 Å². The van der Waals surface area contributed by atoms with Crippen LogP contribution in [-0.2, 0) is 0 Å². The Morgan fingerprint density at radius 3 is 1.42 bits per heavy atom. The van der Waals surface area contributed by atoms with E-state index in [1.54, 1.807) is 11.8 Å². The van der Waals surface area contributed by atoms with Gasteiger partial charge in [-0.1, -0.05) is 109 Å². The Morgan fingerprint density at radius 2 is 0.868 bits per heavy atom. The molecule has 4 nitrogen and oxygen atoms in total. The summed E-state index contributed by atoms with van der Waals surface area (Å²) in [4.78, 5) is 19.5. The van der Waals surface area contributed by atoms with Crippen LogP contribution in [0.3, 0.4) is 0 Å². The minimum atomic E-state index is 0.646. The maximum absolute atomic E-state index is 4.93. The van der Waals surface area contributed by atoms with Gasteiger partial charge in [-0.05, 0) is 36.4 Å². The molecule has 0 atom stereocenters. The number of aromatic nitrogens is 3. The fourth-order valence-corrected chi connectivity index (χ4v) is 5.76. The quantitative estimate of drug-likeness (QED) is 0.239. The van der Waals surface area contributed by atoms with Crippen LogP contribution in [-0.4, -0.2) is 15.0 Å². The van der Waals surface area contributed by atoms with Crippen LogP contribution in [0.1, 0.15) is 0 Å². The first-order chi connectivity index (χ1) is 18.8. The van der Waals surface area contributed by atoms with Crippen molar-refractivity contribution in [2.75, 3.05) is 4.90 Å². The summed E-state index contributed by atoms with van der Waals surface area (Å²) < 4.78 is 0. The SMILES string of the molecule is c1ccc(-c2nc(-c3ccccc3)nc(-c3cccc(N4c5ccccc5Sc5ccccc54)c3)n2)cc1. The van der Waals surface area contributed by atoms with Gasteiger partial charge in [0.25, 0.3) is 0 Å². The van der Waals surface area contributed by atoms with Gasteiger partial charge in [-0.2, -0.15) is 0 Å². The van der Waals surface area contributed by atoms with E-state index in [0.29, 0.717) is 17.5 Å². The fourth-order valence-electron chi connectivity index (χ4n) is 4.70. The number of benzene rings is 5.